The molecule has 5 unspecified atom stereocenters. The van der Waals surface area contributed by atoms with Crippen LogP contribution in [0.5, 0.6) is 0 Å². The number of nitrogens with zero attached hydrogens (tertiary/aromatic N) is 2. The maximum absolute atomic E-state index is 12.8. The van der Waals surface area contributed by atoms with Gasteiger partial charge in [-0.05, 0) is 56.9 Å². The van der Waals surface area contributed by atoms with Gasteiger partial charge < -0.3 is 44.7 Å². The van der Waals surface area contributed by atoms with Crippen molar-refractivity contribution in [3.05, 3.63) is 59.2 Å². The van der Waals surface area contributed by atoms with E-state index in [1.54, 1.807) is 0 Å². The molecule has 10 atom stereocenters. The van der Waals surface area contributed by atoms with Gasteiger partial charge in [-0.2, -0.15) is 9.29 Å². The van der Waals surface area contributed by atoms with E-state index in [2.05, 4.69) is 54.4 Å². The zero-order chi connectivity index (χ0) is 48.4. The van der Waals surface area contributed by atoms with Crippen molar-refractivity contribution in [1.82, 2.24) is 9.55 Å². The fourth-order valence-corrected chi connectivity index (χ4v) is 9.13. The smallest absolute Gasteiger partial charge is 0.462 e. The number of carbonyl (C=O) groups excluding carboxylic acids is 2. The van der Waals surface area contributed by atoms with Gasteiger partial charge >= 0.3 is 33.3 Å². The number of rotatable bonds is 36. The molecular formula is C45H75N3O16P2. The number of esters is 2. The van der Waals surface area contributed by atoms with Gasteiger partial charge in [0, 0.05) is 19.0 Å². The van der Waals surface area contributed by atoms with E-state index >= 15 is 0 Å². The van der Waals surface area contributed by atoms with Crippen molar-refractivity contribution in [2.24, 2.45) is 5.92 Å². The number of carbonyl (C=O) groups is 2. The molecule has 3 rings (SSSR count). The van der Waals surface area contributed by atoms with Gasteiger partial charge in [-0.1, -0.05) is 121 Å². The monoisotopic (exact) mass is 975 g/mol. The summed E-state index contributed by atoms with van der Waals surface area (Å²) in [6.45, 7) is 4.26. The summed E-state index contributed by atoms with van der Waals surface area (Å²) in [6, 6.07) is 1.24. The highest BCUT2D eigenvalue weighted by atomic mass is 31.3. The summed E-state index contributed by atoms with van der Waals surface area (Å²) in [5, 5.41) is 20.9. The zero-order valence-corrected chi connectivity index (χ0v) is 40.6. The van der Waals surface area contributed by atoms with E-state index in [9.17, 15) is 43.5 Å². The third-order valence-corrected chi connectivity index (χ3v) is 13.8. The van der Waals surface area contributed by atoms with Crippen LogP contribution in [0.4, 0.5) is 5.82 Å². The molecule has 0 aliphatic carbocycles. The Kier molecular flexibility index (Phi) is 27.0. The lowest BCUT2D eigenvalue weighted by Crippen LogP contribution is -2.36. The van der Waals surface area contributed by atoms with Gasteiger partial charge in [-0.3, -0.25) is 23.2 Å². The van der Waals surface area contributed by atoms with E-state index in [1.807, 2.05) is 12.2 Å². The summed E-state index contributed by atoms with van der Waals surface area (Å²) in [5.41, 5.74) is 4.57. The average Bonchev–Trinajstić information content (AvgIpc) is 3.96. The molecular weight excluding hydrogens is 900 g/mol. The number of ether oxygens (including phenoxy) is 4. The predicted molar refractivity (Wildman–Crippen MR) is 247 cm³/mol. The molecule has 1 aromatic rings. The predicted octanol–water partition coefficient (Wildman–Crippen LogP) is 7.67. The minimum atomic E-state index is -5.43. The molecule has 6 N–H and O–H groups in total. The summed E-state index contributed by atoms with van der Waals surface area (Å²) in [5.74, 6) is -0.670. The largest absolute Gasteiger partial charge is 0.481 e. The minimum absolute atomic E-state index is 0.0338. The van der Waals surface area contributed by atoms with Crippen molar-refractivity contribution in [2.75, 3.05) is 25.6 Å². The molecule has 0 amide bonds. The van der Waals surface area contributed by atoms with Gasteiger partial charge in [-0.15, -0.1) is 0 Å². The molecule has 19 nitrogen and oxygen atoms in total. The third kappa shape index (κ3) is 23.8. The number of aromatic nitrogens is 2. The standard InChI is InChI=1S/C45H75N3O16P2/c1-4-6-19-25-36-37(62-36)26-21-16-11-9-7-8-10-12-17-22-27-40(49)58-31-35(61-41(50)28-23-18-14-13-15-20-24-34(3)5-2)32-59-65(54,55)64-66(56,57)60-33-38-42(51)43(52)44(63-38)48-30-29-39(46)47-45(48)53/h7,9-10,12,16,21,29-30,34-38,42-44,51-52H,4-6,8,11,13-15,17-20,22-28,31-33H2,1-3H3,(H,54,55)(H,56,57)(H2,46,47,53)/b9-7-,12-10-,21-16-/t34?,35-,36?,37?,38-,42-,43-,44-/m1/s1. The van der Waals surface area contributed by atoms with Crippen LogP contribution >= 0.6 is 15.6 Å². The highest BCUT2D eigenvalue weighted by Crippen LogP contribution is 2.60. The number of aliphatic hydroxyl groups excluding tert-OH is 2. The van der Waals surface area contributed by atoms with Gasteiger partial charge in [0.25, 0.3) is 0 Å². The SMILES string of the molecule is CCCCCC1OC1C/C=C\C/C=C\C/C=C\CCCC(=O)OC[C@H](COP(=O)(O)OP(=O)(O)OC[C@H]1O[C@@H](n2ccc(N)nc2=O)[C@H](O)[C@@H]1O)OC(=O)CCCCCCCCC(C)CC. The van der Waals surface area contributed by atoms with Crippen molar-refractivity contribution in [3.63, 3.8) is 0 Å². The number of anilines is 1. The molecule has 376 valence electrons. The summed E-state index contributed by atoms with van der Waals surface area (Å²) in [7, 11) is -10.9. The molecule has 0 spiro atoms. The van der Waals surface area contributed by atoms with E-state index in [0.717, 1.165) is 75.0 Å². The quantitative estimate of drug-likeness (QED) is 0.0142. The van der Waals surface area contributed by atoms with Gasteiger partial charge in [-0.25, -0.2) is 13.9 Å². The Morgan fingerprint density at radius 2 is 1.48 bits per heavy atom. The number of epoxide rings is 1. The Morgan fingerprint density at radius 3 is 2.20 bits per heavy atom. The molecule has 2 aliphatic rings. The second-order valence-electron chi connectivity index (χ2n) is 16.9. The maximum Gasteiger partial charge on any atom is 0.481 e. The molecule has 2 saturated heterocycles. The van der Waals surface area contributed by atoms with Gasteiger partial charge in [0.05, 0.1) is 25.4 Å². The van der Waals surface area contributed by atoms with Gasteiger partial charge in [0.15, 0.2) is 12.3 Å². The highest BCUT2D eigenvalue weighted by molar-refractivity contribution is 7.61. The Bertz CT molecular complexity index is 1830. The number of allylic oxidation sites excluding steroid dienone is 5. The van der Waals surface area contributed by atoms with E-state index in [1.165, 1.54) is 31.7 Å². The first kappa shape index (κ1) is 57.3. The summed E-state index contributed by atoms with van der Waals surface area (Å²) in [6.07, 6.45) is 23.1. The van der Waals surface area contributed by atoms with Crippen LogP contribution in [-0.2, 0) is 51.0 Å². The summed E-state index contributed by atoms with van der Waals surface area (Å²) >= 11 is 0. The Hall–Kier alpha value is -3.06. The van der Waals surface area contributed by atoms with Crippen molar-refractivity contribution in [2.45, 2.75) is 186 Å². The van der Waals surface area contributed by atoms with Gasteiger partial charge in [0.2, 0.25) is 0 Å². The maximum atomic E-state index is 12.8. The van der Waals surface area contributed by atoms with E-state index in [0.29, 0.717) is 37.4 Å². The van der Waals surface area contributed by atoms with Crippen molar-refractivity contribution >= 4 is 33.4 Å². The number of hydrogen-bond donors (Lipinski definition) is 5. The van der Waals surface area contributed by atoms with Crippen LogP contribution in [-0.4, -0.2) is 97.9 Å². The molecule has 2 aliphatic heterocycles. The number of phosphoric acid groups is 2. The second-order valence-corrected chi connectivity index (χ2v) is 19.9. The van der Waals surface area contributed by atoms with E-state index in [4.69, 9.17) is 33.7 Å². The third-order valence-electron chi connectivity index (χ3n) is 11.2. The van der Waals surface area contributed by atoms with Gasteiger partial charge in [0.1, 0.15) is 30.7 Å². The van der Waals surface area contributed by atoms with Crippen LogP contribution in [0, 0.1) is 5.92 Å². The fourth-order valence-electron chi connectivity index (χ4n) is 7.02. The second kappa shape index (κ2) is 31.1. The number of hydrogen-bond acceptors (Lipinski definition) is 16. The number of nitrogens with two attached hydrogens (primary N) is 1. The summed E-state index contributed by atoms with van der Waals surface area (Å²) in [4.78, 5) is 61.7. The highest BCUT2D eigenvalue weighted by Gasteiger charge is 2.46. The summed E-state index contributed by atoms with van der Waals surface area (Å²) < 4.78 is 62.2. The molecule has 0 bridgehead atoms. The van der Waals surface area contributed by atoms with E-state index < -0.39 is 83.7 Å². The van der Waals surface area contributed by atoms with Crippen LogP contribution in [0.15, 0.2) is 53.5 Å². The van der Waals surface area contributed by atoms with Crippen LogP contribution in [0.3, 0.4) is 0 Å². The molecule has 66 heavy (non-hydrogen) atoms. The van der Waals surface area contributed by atoms with Crippen LogP contribution < -0.4 is 11.4 Å². The Labute approximate surface area is 389 Å². The Morgan fingerprint density at radius 1 is 0.818 bits per heavy atom. The van der Waals surface area contributed by atoms with Crippen molar-refractivity contribution < 1.29 is 71.0 Å². The molecule has 21 heteroatoms. The fraction of sp³-hybridized carbons (Fsp3) is 0.733. The van der Waals surface area contributed by atoms with Crippen LogP contribution in [0.1, 0.15) is 149 Å². The normalized spacial score (nSPS) is 23.6. The lowest BCUT2D eigenvalue weighted by atomic mass is 10.00. The molecule has 2 fully saturated rings. The molecule has 0 saturated carbocycles. The van der Waals surface area contributed by atoms with E-state index in [-0.39, 0.29) is 18.7 Å². The number of nitrogen functional groups attached to an aromatic ring is 1. The number of phosphoric ester groups is 2. The molecule has 1 aromatic heterocycles. The Balaban J connectivity index is 1.42. The first-order chi connectivity index (χ1) is 31.5. The van der Waals surface area contributed by atoms with Crippen LogP contribution in [0.25, 0.3) is 0 Å². The molecule has 0 aromatic carbocycles. The number of aliphatic hydroxyl groups is 2. The molecule has 3 heterocycles. The first-order valence-electron chi connectivity index (χ1n) is 23.5. The molecule has 0 radical (unpaired) electrons. The lowest BCUT2D eigenvalue weighted by Gasteiger charge is -2.21. The van der Waals surface area contributed by atoms with Crippen LogP contribution in [0.2, 0.25) is 0 Å². The average molecular weight is 976 g/mol. The zero-order valence-electron chi connectivity index (χ0n) is 38.8. The number of unbranched alkanes of at least 4 members (excludes halogenated alkanes) is 8. The van der Waals surface area contributed by atoms with Crippen molar-refractivity contribution in [3.8, 4) is 0 Å². The van der Waals surface area contributed by atoms with Crippen molar-refractivity contribution in [1.29, 1.82) is 0 Å². The lowest BCUT2D eigenvalue weighted by molar-refractivity contribution is -0.161. The first-order valence-corrected chi connectivity index (χ1v) is 26.5. The topological polar surface area (TPSA) is 278 Å². The minimum Gasteiger partial charge on any atom is -0.462 e.